The predicted octanol–water partition coefficient (Wildman–Crippen LogP) is 0.426. The molecule has 0 saturated carbocycles. The number of carboxylic acids is 1. The Labute approximate surface area is 115 Å². The van der Waals surface area contributed by atoms with Crippen LogP contribution < -0.4 is 10.6 Å². The highest BCUT2D eigenvalue weighted by Gasteiger charge is 2.19. The molecular weight excluding hydrogens is 268 g/mol. The highest BCUT2D eigenvalue weighted by molar-refractivity contribution is 7.98. The molecule has 106 valence electrons. The first kappa shape index (κ1) is 15.4. The largest absolute Gasteiger partial charge is 0.480 e. The summed E-state index contributed by atoms with van der Waals surface area (Å²) >= 11 is 1.54. The molecule has 0 radical (unpaired) electrons. The average Bonchev–Trinajstić information content (AvgIpc) is 2.77. The van der Waals surface area contributed by atoms with Crippen LogP contribution in [0.4, 0.5) is 4.79 Å². The molecule has 0 aliphatic carbocycles. The van der Waals surface area contributed by atoms with Crippen LogP contribution in [0.2, 0.25) is 0 Å². The molecule has 7 nitrogen and oxygen atoms in total. The lowest BCUT2D eigenvalue weighted by molar-refractivity contribution is -0.139. The molecule has 19 heavy (non-hydrogen) atoms. The monoisotopic (exact) mass is 286 g/mol. The number of amides is 2. The number of thioether (sulfide) groups is 1. The van der Waals surface area contributed by atoms with Gasteiger partial charge in [0.2, 0.25) is 0 Å². The minimum absolute atomic E-state index is 0.254. The molecule has 3 N–H and O–H groups in total. The Morgan fingerprint density at radius 1 is 1.58 bits per heavy atom. The summed E-state index contributed by atoms with van der Waals surface area (Å²) in [7, 11) is 1.82. The highest BCUT2D eigenvalue weighted by atomic mass is 32.2. The van der Waals surface area contributed by atoms with Crippen LogP contribution in [0, 0.1) is 0 Å². The van der Waals surface area contributed by atoms with Gasteiger partial charge in [-0.15, -0.1) is 0 Å². The van der Waals surface area contributed by atoms with E-state index in [0.717, 1.165) is 0 Å². The van der Waals surface area contributed by atoms with E-state index in [-0.39, 0.29) is 6.54 Å². The third-order valence-electron chi connectivity index (χ3n) is 2.54. The van der Waals surface area contributed by atoms with E-state index < -0.39 is 18.0 Å². The van der Waals surface area contributed by atoms with E-state index in [9.17, 15) is 9.59 Å². The molecule has 0 aromatic carbocycles. The van der Waals surface area contributed by atoms with Gasteiger partial charge < -0.3 is 20.3 Å². The van der Waals surface area contributed by atoms with Crippen molar-refractivity contribution >= 4 is 23.8 Å². The van der Waals surface area contributed by atoms with Crippen molar-refractivity contribution in [2.45, 2.75) is 19.0 Å². The minimum atomic E-state index is -1.03. The Kier molecular flexibility index (Phi) is 6.20. The van der Waals surface area contributed by atoms with Crippen LogP contribution in [0.25, 0.3) is 0 Å². The summed E-state index contributed by atoms with van der Waals surface area (Å²) in [5.74, 6) is 0.351. The molecule has 0 bridgehead atoms. The maximum atomic E-state index is 11.6. The van der Waals surface area contributed by atoms with Crippen LogP contribution in [0.3, 0.4) is 0 Å². The smallest absolute Gasteiger partial charge is 0.326 e. The molecule has 8 heteroatoms. The Morgan fingerprint density at radius 2 is 2.32 bits per heavy atom. The van der Waals surface area contributed by atoms with Gasteiger partial charge in [-0.2, -0.15) is 11.8 Å². The summed E-state index contributed by atoms with van der Waals surface area (Å²) in [5, 5.41) is 14.0. The number of hydrogen-bond donors (Lipinski definition) is 3. The summed E-state index contributed by atoms with van der Waals surface area (Å²) in [4.78, 5) is 26.6. The fourth-order valence-corrected chi connectivity index (χ4v) is 1.90. The number of aliphatic carboxylic acids is 1. The molecule has 0 fully saturated rings. The number of urea groups is 1. The number of carbonyl (C=O) groups is 2. The van der Waals surface area contributed by atoms with Crippen molar-refractivity contribution < 1.29 is 14.7 Å². The number of nitrogens with one attached hydrogen (secondary N) is 2. The second-order valence-corrected chi connectivity index (χ2v) is 4.94. The number of imidazole rings is 1. The van der Waals surface area contributed by atoms with Crippen molar-refractivity contribution in [3.05, 3.63) is 18.2 Å². The van der Waals surface area contributed by atoms with Crippen LogP contribution in [-0.2, 0) is 18.4 Å². The van der Waals surface area contributed by atoms with Gasteiger partial charge >= 0.3 is 12.0 Å². The van der Waals surface area contributed by atoms with Gasteiger partial charge in [-0.05, 0) is 18.4 Å². The first-order chi connectivity index (χ1) is 9.04. The normalized spacial score (nSPS) is 11.9. The lowest BCUT2D eigenvalue weighted by atomic mass is 10.2. The van der Waals surface area contributed by atoms with Crippen molar-refractivity contribution in [2.75, 3.05) is 12.0 Å². The molecule has 1 heterocycles. The molecule has 2 amide bonds. The molecule has 1 aromatic heterocycles. The fraction of sp³-hybridized carbons (Fsp3) is 0.545. The fourth-order valence-electron chi connectivity index (χ4n) is 1.43. The molecule has 1 rings (SSSR count). The average molecular weight is 286 g/mol. The van der Waals surface area contributed by atoms with Crippen LogP contribution in [0.5, 0.6) is 0 Å². The van der Waals surface area contributed by atoms with Gasteiger partial charge in [-0.3, -0.25) is 0 Å². The van der Waals surface area contributed by atoms with Crippen molar-refractivity contribution in [3.8, 4) is 0 Å². The van der Waals surface area contributed by atoms with Gasteiger partial charge in [0.05, 0.1) is 6.54 Å². The maximum absolute atomic E-state index is 11.6. The Morgan fingerprint density at radius 3 is 2.84 bits per heavy atom. The lowest BCUT2D eigenvalue weighted by Gasteiger charge is -2.14. The van der Waals surface area contributed by atoms with Crippen LogP contribution in [0.1, 0.15) is 12.2 Å². The number of aryl methyl sites for hydroxylation is 1. The summed E-state index contributed by atoms with van der Waals surface area (Å²) in [6.45, 7) is 0.254. The van der Waals surface area contributed by atoms with E-state index in [1.165, 1.54) is 11.8 Å². The standard InChI is InChI=1S/C11H18N4O3S/c1-15-5-4-12-9(15)7-13-11(18)14-8(10(16)17)3-6-19-2/h4-5,8H,3,6-7H2,1-2H3,(H,16,17)(H2,13,14,18). The number of carboxylic acid groups (broad SMARTS) is 1. The summed E-state index contributed by atoms with van der Waals surface area (Å²) < 4.78 is 1.78. The van der Waals surface area contributed by atoms with Gasteiger partial charge in [0.1, 0.15) is 11.9 Å². The zero-order valence-corrected chi connectivity index (χ0v) is 11.7. The molecule has 1 unspecified atom stereocenters. The second-order valence-electron chi connectivity index (χ2n) is 3.95. The number of nitrogens with zero attached hydrogens (tertiary/aromatic N) is 2. The lowest BCUT2D eigenvalue weighted by Crippen LogP contribution is -2.46. The Hall–Kier alpha value is -1.70. The van der Waals surface area contributed by atoms with E-state index >= 15 is 0 Å². The van der Waals surface area contributed by atoms with E-state index in [1.807, 2.05) is 13.3 Å². The van der Waals surface area contributed by atoms with E-state index in [4.69, 9.17) is 5.11 Å². The topological polar surface area (TPSA) is 96.3 Å². The summed E-state index contributed by atoms with van der Waals surface area (Å²) in [6, 6.07) is -1.37. The van der Waals surface area contributed by atoms with Gasteiger partial charge in [0, 0.05) is 19.4 Å². The van der Waals surface area contributed by atoms with Crippen molar-refractivity contribution in [1.82, 2.24) is 20.2 Å². The SMILES string of the molecule is CSCCC(NC(=O)NCc1nccn1C)C(=O)O. The maximum Gasteiger partial charge on any atom is 0.326 e. The summed E-state index contributed by atoms with van der Waals surface area (Å²) in [6.07, 6.45) is 5.69. The van der Waals surface area contributed by atoms with E-state index in [2.05, 4.69) is 15.6 Å². The highest BCUT2D eigenvalue weighted by Crippen LogP contribution is 2.01. The quantitative estimate of drug-likeness (QED) is 0.675. The first-order valence-electron chi connectivity index (χ1n) is 5.77. The van der Waals surface area contributed by atoms with Gasteiger partial charge in [-0.25, -0.2) is 14.6 Å². The van der Waals surface area contributed by atoms with Crippen LogP contribution in [-0.4, -0.2) is 44.7 Å². The zero-order valence-electron chi connectivity index (χ0n) is 10.9. The molecule has 0 aliphatic heterocycles. The third-order valence-corrected chi connectivity index (χ3v) is 3.19. The molecule has 0 spiro atoms. The van der Waals surface area contributed by atoms with Crippen molar-refractivity contribution in [1.29, 1.82) is 0 Å². The van der Waals surface area contributed by atoms with Crippen LogP contribution >= 0.6 is 11.8 Å². The number of aromatic nitrogens is 2. The number of carbonyl (C=O) groups excluding carboxylic acids is 1. The van der Waals surface area contributed by atoms with Gasteiger partial charge in [-0.1, -0.05) is 0 Å². The minimum Gasteiger partial charge on any atom is -0.480 e. The Balaban J connectivity index is 2.40. The molecule has 0 aliphatic rings. The third kappa shape index (κ3) is 5.21. The number of hydrogen-bond acceptors (Lipinski definition) is 4. The van der Waals surface area contributed by atoms with Crippen molar-refractivity contribution in [3.63, 3.8) is 0 Å². The Bertz CT molecular complexity index is 435. The van der Waals surface area contributed by atoms with Gasteiger partial charge in [0.15, 0.2) is 0 Å². The second kappa shape index (κ2) is 7.67. The molecular formula is C11H18N4O3S. The molecule has 1 aromatic rings. The van der Waals surface area contributed by atoms with E-state index in [1.54, 1.807) is 17.0 Å². The molecule has 1 atom stereocenters. The predicted molar refractivity (Wildman–Crippen MR) is 73.0 cm³/mol. The zero-order chi connectivity index (χ0) is 14.3. The van der Waals surface area contributed by atoms with E-state index in [0.29, 0.717) is 18.0 Å². The van der Waals surface area contributed by atoms with Crippen molar-refractivity contribution in [2.24, 2.45) is 7.05 Å². The molecule has 0 saturated heterocycles. The first-order valence-corrected chi connectivity index (χ1v) is 7.16. The van der Waals surface area contributed by atoms with Gasteiger partial charge in [0.25, 0.3) is 0 Å². The number of rotatable bonds is 7. The summed E-state index contributed by atoms with van der Waals surface area (Å²) in [5.41, 5.74) is 0. The van der Waals surface area contributed by atoms with Crippen LogP contribution in [0.15, 0.2) is 12.4 Å².